The van der Waals surface area contributed by atoms with Crippen molar-refractivity contribution in [1.29, 1.82) is 0 Å². The number of nitrogens with zero attached hydrogens (tertiary/aromatic N) is 1. The third-order valence-electron chi connectivity index (χ3n) is 2.50. The van der Waals surface area contributed by atoms with E-state index in [2.05, 4.69) is 10.4 Å². The molecule has 2 N–H and O–H groups in total. The summed E-state index contributed by atoms with van der Waals surface area (Å²) < 4.78 is 5.62. The fourth-order valence-electron chi connectivity index (χ4n) is 1.45. The molecule has 0 aromatic carbocycles. The molecule has 0 bridgehead atoms. The van der Waals surface area contributed by atoms with Crippen molar-refractivity contribution >= 4 is 11.3 Å². The Labute approximate surface area is 95.7 Å². The zero-order valence-corrected chi connectivity index (χ0v) is 10.7. The number of aryl methyl sites for hydroxylation is 1. The summed E-state index contributed by atoms with van der Waals surface area (Å²) in [6, 6.07) is -0.0149. The number of ether oxygens (including phenoxy) is 1. The standard InChI is InChI=1S/C11H20N2OS/c1-5-14-11(3,4)10(12)6-9-7-15-8(2)13-9/h7,10H,5-6,12H2,1-4H3. The molecular formula is C11H20N2OS. The maximum Gasteiger partial charge on any atom is 0.0897 e. The largest absolute Gasteiger partial charge is 0.374 e. The number of hydrogen-bond donors (Lipinski definition) is 1. The van der Waals surface area contributed by atoms with Gasteiger partial charge in [0.1, 0.15) is 0 Å². The highest BCUT2D eigenvalue weighted by molar-refractivity contribution is 7.09. The minimum atomic E-state index is -0.285. The molecule has 1 unspecified atom stereocenters. The summed E-state index contributed by atoms with van der Waals surface area (Å²) in [4.78, 5) is 4.41. The number of thiazole rings is 1. The normalized spacial score (nSPS) is 14.2. The third kappa shape index (κ3) is 3.55. The minimum absolute atomic E-state index is 0.0149. The minimum Gasteiger partial charge on any atom is -0.374 e. The second-order valence-corrected chi connectivity index (χ2v) is 5.27. The average molecular weight is 228 g/mol. The van der Waals surface area contributed by atoms with E-state index >= 15 is 0 Å². The first-order valence-electron chi connectivity index (χ1n) is 5.26. The maximum absolute atomic E-state index is 6.12. The van der Waals surface area contributed by atoms with Crippen molar-refractivity contribution in [2.75, 3.05) is 6.61 Å². The van der Waals surface area contributed by atoms with E-state index in [4.69, 9.17) is 10.5 Å². The fourth-order valence-corrected chi connectivity index (χ4v) is 2.08. The molecule has 1 aromatic rings. The molecule has 0 spiro atoms. The van der Waals surface area contributed by atoms with Crippen LogP contribution in [0.25, 0.3) is 0 Å². The van der Waals surface area contributed by atoms with Crippen LogP contribution in [-0.4, -0.2) is 23.2 Å². The van der Waals surface area contributed by atoms with E-state index in [9.17, 15) is 0 Å². The van der Waals surface area contributed by atoms with Gasteiger partial charge in [0, 0.05) is 24.4 Å². The van der Waals surface area contributed by atoms with Gasteiger partial charge in [0.15, 0.2) is 0 Å². The van der Waals surface area contributed by atoms with Crippen molar-refractivity contribution in [2.45, 2.75) is 45.8 Å². The predicted octanol–water partition coefficient (Wildman–Crippen LogP) is 2.14. The average Bonchev–Trinajstić information content (AvgIpc) is 2.51. The Kier molecular flexibility index (Phi) is 4.25. The summed E-state index contributed by atoms with van der Waals surface area (Å²) in [5, 5.41) is 3.16. The van der Waals surface area contributed by atoms with E-state index < -0.39 is 0 Å². The van der Waals surface area contributed by atoms with Gasteiger partial charge >= 0.3 is 0 Å². The Morgan fingerprint density at radius 3 is 2.73 bits per heavy atom. The Balaban J connectivity index is 2.58. The monoisotopic (exact) mass is 228 g/mol. The zero-order chi connectivity index (χ0) is 11.5. The van der Waals surface area contributed by atoms with Crippen molar-refractivity contribution in [3.05, 3.63) is 16.1 Å². The van der Waals surface area contributed by atoms with E-state index in [1.165, 1.54) is 0 Å². The lowest BCUT2D eigenvalue weighted by molar-refractivity contribution is -0.0289. The summed E-state index contributed by atoms with van der Waals surface area (Å²) in [6.45, 7) is 8.74. The molecule has 4 heteroatoms. The quantitative estimate of drug-likeness (QED) is 0.840. The Bertz CT molecular complexity index is 309. The molecule has 0 saturated heterocycles. The molecular weight excluding hydrogens is 208 g/mol. The lowest BCUT2D eigenvalue weighted by Gasteiger charge is -2.31. The van der Waals surface area contributed by atoms with Crippen LogP contribution < -0.4 is 5.73 Å². The Morgan fingerprint density at radius 1 is 1.60 bits per heavy atom. The van der Waals surface area contributed by atoms with Crippen molar-refractivity contribution < 1.29 is 4.74 Å². The van der Waals surface area contributed by atoms with E-state index in [1.807, 2.05) is 27.7 Å². The van der Waals surface area contributed by atoms with Gasteiger partial charge in [-0.05, 0) is 27.7 Å². The van der Waals surface area contributed by atoms with Crippen LogP contribution >= 0.6 is 11.3 Å². The van der Waals surface area contributed by atoms with E-state index in [-0.39, 0.29) is 11.6 Å². The highest BCUT2D eigenvalue weighted by Crippen LogP contribution is 2.18. The van der Waals surface area contributed by atoms with Crippen LogP contribution in [-0.2, 0) is 11.2 Å². The van der Waals surface area contributed by atoms with Crippen LogP contribution in [0.15, 0.2) is 5.38 Å². The van der Waals surface area contributed by atoms with Gasteiger partial charge in [0.25, 0.3) is 0 Å². The molecule has 15 heavy (non-hydrogen) atoms. The molecule has 0 amide bonds. The summed E-state index contributed by atoms with van der Waals surface area (Å²) in [6.07, 6.45) is 0.775. The summed E-state index contributed by atoms with van der Waals surface area (Å²) in [5.41, 5.74) is 6.90. The van der Waals surface area contributed by atoms with Crippen molar-refractivity contribution in [1.82, 2.24) is 4.98 Å². The molecule has 0 aliphatic carbocycles. The lowest BCUT2D eigenvalue weighted by atomic mass is 9.95. The van der Waals surface area contributed by atoms with E-state index in [0.717, 1.165) is 17.1 Å². The zero-order valence-electron chi connectivity index (χ0n) is 9.91. The van der Waals surface area contributed by atoms with Gasteiger partial charge in [-0.1, -0.05) is 0 Å². The Hall–Kier alpha value is -0.450. The molecule has 1 atom stereocenters. The molecule has 0 fully saturated rings. The predicted molar refractivity (Wildman–Crippen MR) is 64.2 cm³/mol. The molecule has 0 aliphatic rings. The van der Waals surface area contributed by atoms with Gasteiger partial charge in [-0.15, -0.1) is 11.3 Å². The van der Waals surface area contributed by atoms with Crippen LogP contribution in [0.4, 0.5) is 0 Å². The first-order valence-corrected chi connectivity index (χ1v) is 6.14. The smallest absolute Gasteiger partial charge is 0.0897 e. The van der Waals surface area contributed by atoms with Gasteiger partial charge in [0.2, 0.25) is 0 Å². The molecule has 0 aliphatic heterocycles. The summed E-state index contributed by atoms with van der Waals surface area (Å²) in [5.74, 6) is 0. The second kappa shape index (κ2) is 5.05. The SMILES string of the molecule is CCOC(C)(C)C(N)Cc1csc(C)n1. The van der Waals surface area contributed by atoms with Crippen LogP contribution in [0.3, 0.4) is 0 Å². The number of hydrogen-bond acceptors (Lipinski definition) is 4. The van der Waals surface area contributed by atoms with Crippen LogP contribution in [0.2, 0.25) is 0 Å². The van der Waals surface area contributed by atoms with Crippen LogP contribution in [0.1, 0.15) is 31.5 Å². The molecule has 1 heterocycles. The molecule has 0 radical (unpaired) electrons. The van der Waals surface area contributed by atoms with E-state index in [1.54, 1.807) is 11.3 Å². The van der Waals surface area contributed by atoms with Gasteiger partial charge in [-0.2, -0.15) is 0 Å². The summed E-state index contributed by atoms with van der Waals surface area (Å²) in [7, 11) is 0. The maximum atomic E-state index is 6.12. The first-order chi connectivity index (χ1) is 6.95. The number of rotatable bonds is 5. The Morgan fingerprint density at radius 2 is 2.27 bits per heavy atom. The molecule has 0 saturated carbocycles. The van der Waals surface area contributed by atoms with Gasteiger partial charge in [0.05, 0.1) is 16.3 Å². The first kappa shape index (κ1) is 12.6. The number of aromatic nitrogens is 1. The second-order valence-electron chi connectivity index (χ2n) is 4.20. The molecule has 1 rings (SSSR count). The summed E-state index contributed by atoms with van der Waals surface area (Å²) >= 11 is 1.66. The van der Waals surface area contributed by atoms with E-state index in [0.29, 0.717) is 6.61 Å². The molecule has 1 aromatic heterocycles. The van der Waals surface area contributed by atoms with Crippen molar-refractivity contribution in [3.63, 3.8) is 0 Å². The lowest BCUT2D eigenvalue weighted by Crippen LogP contribution is -2.46. The van der Waals surface area contributed by atoms with Crippen molar-refractivity contribution in [3.8, 4) is 0 Å². The molecule has 3 nitrogen and oxygen atoms in total. The number of nitrogens with two attached hydrogens (primary N) is 1. The fraction of sp³-hybridized carbons (Fsp3) is 0.727. The van der Waals surface area contributed by atoms with Crippen LogP contribution in [0, 0.1) is 6.92 Å². The third-order valence-corrected chi connectivity index (χ3v) is 3.33. The van der Waals surface area contributed by atoms with Gasteiger partial charge in [-0.25, -0.2) is 4.98 Å². The highest BCUT2D eigenvalue weighted by atomic mass is 32.1. The molecule has 86 valence electrons. The van der Waals surface area contributed by atoms with Gasteiger partial charge in [-0.3, -0.25) is 0 Å². The topological polar surface area (TPSA) is 48.1 Å². The highest BCUT2D eigenvalue weighted by Gasteiger charge is 2.27. The van der Waals surface area contributed by atoms with Crippen LogP contribution in [0.5, 0.6) is 0 Å². The van der Waals surface area contributed by atoms with Crippen molar-refractivity contribution in [2.24, 2.45) is 5.73 Å². The van der Waals surface area contributed by atoms with Gasteiger partial charge < -0.3 is 10.5 Å².